The average molecular weight is 758 g/mol. The van der Waals surface area contributed by atoms with Crippen LogP contribution in [0.5, 0.6) is 0 Å². The zero-order valence-corrected chi connectivity index (χ0v) is 34.9. The van der Waals surface area contributed by atoms with Crippen LogP contribution in [-0.2, 0) is 35.1 Å². The normalized spacial score (nSPS) is 18.8. The Labute approximate surface area is 323 Å². The summed E-state index contributed by atoms with van der Waals surface area (Å²) in [7, 11) is 4.91. The summed E-state index contributed by atoms with van der Waals surface area (Å²) in [6.07, 6.45) is 5.45. The molecule has 2 rings (SSSR count). The second kappa shape index (κ2) is 22.9. The van der Waals surface area contributed by atoms with Gasteiger partial charge in [-0.1, -0.05) is 91.8 Å². The van der Waals surface area contributed by atoms with Gasteiger partial charge in [-0.15, -0.1) is 11.8 Å². The van der Waals surface area contributed by atoms with Gasteiger partial charge in [-0.25, -0.2) is 0 Å². The fraction of sp³-hybridized carbons (Fsp3) is 0.683. The molecule has 12 heteroatoms. The molecule has 53 heavy (non-hydrogen) atoms. The first-order valence-electron chi connectivity index (χ1n) is 19.1. The molecule has 1 aromatic carbocycles. The lowest BCUT2D eigenvalue weighted by molar-refractivity contribution is -0.147. The van der Waals surface area contributed by atoms with E-state index in [1.54, 1.807) is 26.2 Å². The van der Waals surface area contributed by atoms with E-state index in [0.717, 1.165) is 23.4 Å². The molecule has 8 atom stereocenters. The van der Waals surface area contributed by atoms with E-state index < -0.39 is 30.2 Å². The number of nitrogens with zero attached hydrogens (tertiary/aromatic N) is 3. The zero-order valence-electron chi connectivity index (χ0n) is 34.1. The smallest absolute Gasteiger partial charge is 0.245 e. The number of hydrogen-bond acceptors (Lipinski definition) is 8. The summed E-state index contributed by atoms with van der Waals surface area (Å²) >= 11 is 1.47. The minimum atomic E-state index is -0.702. The fourth-order valence-corrected chi connectivity index (χ4v) is 7.98. The van der Waals surface area contributed by atoms with E-state index in [4.69, 9.17) is 9.47 Å². The molecule has 298 valence electrons. The van der Waals surface area contributed by atoms with E-state index in [9.17, 15) is 19.2 Å². The Morgan fingerprint density at radius 2 is 1.70 bits per heavy atom. The molecule has 0 bridgehead atoms. The highest BCUT2D eigenvalue weighted by molar-refractivity contribution is 8.13. The average Bonchev–Trinajstić information content (AvgIpc) is 3.61. The molecule has 1 unspecified atom stereocenters. The minimum Gasteiger partial charge on any atom is -0.379 e. The van der Waals surface area contributed by atoms with Crippen molar-refractivity contribution in [2.75, 3.05) is 34.1 Å². The lowest BCUT2D eigenvalue weighted by Crippen LogP contribution is -2.58. The van der Waals surface area contributed by atoms with Gasteiger partial charge in [-0.2, -0.15) is 0 Å². The zero-order chi connectivity index (χ0) is 39.8. The number of thioether (sulfide) groups is 1. The third-order valence-electron chi connectivity index (χ3n) is 10.4. The number of ether oxygens (including phenoxy) is 2. The maximum absolute atomic E-state index is 14.2. The van der Waals surface area contributed by atoms with Crippen molar-refractivity contribution in [3.8, 4) is 0 Å². The summed E-state index contributed by atoms with van der Waals surface area (Å²) in [5.74, 6) is -1.19. The van der Waals surface area contributed by atoms with Crippen LogP contribution in [0, 0.1) is 23.7 Å². The van der Waals surface area contributed by atoms with Gasteiger partial charge in [0.25, 0.3) is 0 Å². The molecule has 1 aliphatic rings. The van der Waals surface area contributed by atoms with Crippen LogP contribution in [0.15, 0.2) is 48.1 Å². The van der Waals surface area contributed by atoms with E-state index in [-0.39, 0.29) is 59.9 Å². The van der Waals surface area contributed by atoms with Crippen LogP contribution in [0.3, 0.4) is 0 Å². The van der Waals surface area contributed by atoms with Crippen LogP contribution in [0.4, 0.5) is 0 Å². The molecule has 0 aliphatic carbocycles. The van der Waals surface area contributed by atoms with Crippen molar-refractivity contribution in [1.29, 1.82) is 0 Å². The van der Waals surface area contributed by atoms with Gasteiger partial charge in [0.05, 0.1) is 47.7 Å². The summed E-state index contributed by atoms with van der Waals surface area (Å²) in [4.78, 5) is 62.8. The first-order chi connectivity index (χ1) is 25.1. The Hall–Kier alpha value is -3.22. The quantitative estimate of drug-likeness (QED) is 0.121. The molecule has 1 fully saturated rings. The van der Waals surface area contributed by atoms with Gasteiger partial charge < -0.3 is 29.9 Å². The summed E-state index contributed by atoms with van der Waals surface area (Å²) in [5.41, 5.74) is 1.07. The van der Waals surface area contributed by atoms with Gasteiger partial charge >= 0.3 is 0 Å². The number of likely N-dealkylation sites (N-methyl/N-ethyl adjacent to an activating group) is 1. The van der Waals surface area contributed by atoms with Gasteiger partial charge in [0, 0.05) is 40.4 Å². The molecular weight excluding hydrogens is 691 g/mol. The number of nitrogens with one attached hydrogen (secondary N) is 2. The number of amides is 4. The van der Waals surface area contributed by atoms with Crippen molar-refractivity contribution in [3.63, 3.8) is 0 Å². The van der Waals surface area contributed by atoms with Crippen molar-refractivity contribution >= 4 is 40.4 Å². The summed E-state index contributed by atoms with van der Waals surface area (Å²) in [6.45, 7) is 18.0. The van der Waals surface area contributed by atoms with Crippen molar-refractivity contribution < 1.29 is 28.7 Å². The predicted octanol–water partition coefficient (Wildman–Crippen LogP) is 5.73. The Morgan fingerprint density at radius 3 is 2.23 bits per heavy atom. The van der Waals surface area contributed by atoms with E-state index in [2.05, 4.69) is 36.1 Å². The van der Waals surface area contributed by atoms with Crippen LogP contribution in [0.1, 0.15) is 86.1 Å². The first kappa shape index (κ1) is 45.9. The van der Waals surface area contributed by atoms with Crippen LogP contribution in [-0.4, -0.2) is 109 Å². The van der Waals surface area contributed by atoms with Gasteiger partial charge in [-0.05, 0) is 48.8 Å². The molecular formula is C41H67N5O6S. The van der Waals surface area contributed by atoms with Gasteiger partial charge in [0.15, 0.2) is 0 Å². The van der Waals surface area contributed by atoms with Gasteiger partial charge in [0.1, 0.15) is 6.04 Å². The minimum absolute atomic E-state index is 0.00494. The number of likely N-dealkylation sites (tertiary alicyclic amines) is 1. The highest BCUT2D eigenvalue weighted by Crippen LogP contribution is 2.30. The van der Waals surface area contributed by atoms with Crippen molar-refractivity contribution in [1.82, 2.24) is 20.4 Å². The second-order valence-corrected chi connectivity index (χ2v) is 15.9. The summed E-state index contributed by atoms with van der Waals surface area (Å²) in [6, 6.07) is 8.15. The maximum Gasteiger partial charge on any atom is 0.245 e. The highest BCUT2D eigenvalue weighted by Gasteiger charge is 2.43. The highest BCUT2D eigenvalue weighted by atomic mass is 32.2. The molecule has 1 aromatic rings. The third-order valence-corrected chi connectivity index (χ3v) is 11.2. The van der Waals surface area contributed by atoms with Crippen molar-refractivity contribution in [2.24, 2.45) is 28.7 Å². The number of hydrogen-bond donors (Lipinski definition) is 2. The predicted molar refractivity (Wildman–Crippen MR) is 216 cm³/mol. The van der Waals surface area contributed by atoms with Crippen LogP contribution in [0.25, 0.3) is 0 Å². The first-order valence-corrected chi connectivity index (χ1v) is 20.4. The maximum atomic E-state index is 14.2. The Morgan fingerprint density at radius 1 is 1.04 bits per heavy atom. The third kappa shape index (κ3) is 13.2. The number of benzene rings is 1. The van der Waals surface area contributed by atoms with E-state index >= 15 is 0 Å². The van der Waals surface area contributed by atoms with Crippen molar-refractivity contribution in [3.05, 3.63) is 48.7 Å². The van der Waals surface area contributed by atoms with Gasteiger partial charge in [0.2, 0.25) is 23.6 Å². The molecule has 0 radical (unpaired) electrons. The monoisotopic (exact) mass is 757 g/mol. The van der Waals surface area contributed by atoms with Gasteiger partial charge in [-0.3, -0.25) is 24.2 Å². The molecule has 1 saturated heterocycles. The fourth-order valence-electron chi connectivity index (χ4n) is 7.37. The van der Waals surface area contributed by atoms with E-state index in [0.29, 0.717) is 25.8 Å². The Kier molecular flexibility index (Phi) is 19.8. The Bertz CT molecular complexity index is 1360. The van der Waals surface area contributed by atoms with E-state index in [1.807, 2.05) is 76.1 Å². The summed E-state index contributed by atoms with van der Waals surface area (Å²) in [5, 5.41) is 6.92. The number of aliphatic imine (C=N–C) groups is 1. The molecule has 11 nitrogen and oxygen atoms in total. The number of carbonyl (C=O) groups excluding carboxylic acids is 4. The lowest BCUT2D eigenvalue weighted by Gasteiger charge is -2.41. The number of carbonyl (C=O) groups is 4. The standard InChI is InChI=1S/C41H67N5O6S/c1-13-28(7)37(45(9)41(50)36(27(5)6)44-34(47)23-26(3)4)33(51-10)25-35(48)46-22-18-21-32(46)38(52-11)29(8)39(49)43-31(40(53-12)42-14-2)24-30-19-16-15-17-20-30/h14-17,19-20,26-29,31-33,36-38H,2,13,18,21-25H2,1,3-12H3,(H,43,49)(H,44,47)/t28-,29+,31?,32-,33+,36-,37-,38+/m0/s1. The number of methoxy groups -OCH3 is 2. The molecule has 0 saturated carbocycles. The molecule has 4 amide bonds. The Balaban J connectivity index is 2.29. The number of rotatable bonds is 21. The lowest BCUT2D eigenvalue weighted by atomic mass is 9.89. The topological polar surface area (TPSA) is 130 Å². The summed E-state index contributed by atoms with van der Waals surface area (Å²) < 4.78 is 12.0. The SMILES string of the molecule is C=CN=C(SC)C(Cc1ccccc1)NC(=O)[C@H](C)[C@@H](OC)[C@@H]1CCCN1C(=O)C[C@@H](OC)[C@H]([C@@H](C)CC)N(C)C(=O)[C@@H](NC(=O)CC(C)C)C(C)C. The largest absolute Gasteiger partial charge is 0.379 e. The van der Waals surface area contributed by atoms with Crippen LogP contribution < -0.4 is 10.6 Å². The molecule has 2 N–H and O–H groups in total. The molecule has 1 heterocycles. The molecule has 0 aromatic heterocycles. The van der Waals surface area contributed by atoms with Crippen molar-refractivity contribution in [2.45, 2.75) is 123 Å². The molecule has 1 aliphatic heterocycles. The van der Waals surface area contributed by atoms with Crippen LogP contribution in [0.2, 0.25) is 0 Å². The van der Waals surface area contributed by atoms with E-state index in [1.165, 1.54) is 18.0 Å². The second-order valence-electron chi connectivity index (χ2n) is 15.1. The molecule has 0 spiro atoms. The van der Waals surface area contributed by atoms with Crippen LogP contribution >= 0.6 is 11.8 Å².